The van der Waals surface area contributed by atoms with Crippen molar-refractivity contribution in [2.75, 3.05) is 6.54 Å². The average molecular weight is 331 g/mol. The van der Waals surface area contributed by atoms with Crippen molar-refractivity contribution in [1.29, 1.82) is 0 Å². The summed E-state index contributed by atoms with van der Waals surface area (Å²) in [5.74, 6) is 0. The SMILES string of the molecule is Cc1sc(=O)n(CCCCN)c1-c1ccc(Cl)c(Cl)c1. The fraction of sp³-hybridized carbons (Fsp3) is 0.357. The van der Waals surface area contributed by atoms with Crippen LogP contribution in [0.2, 0.25) is 10.0 Å². The van der Waals surface area contributed by atoms with Gasteiger partial charge in [-0.05, 0) is 38.4 Å². The highest BCUT2D eigenvalue weighted by Crippen LogP contribution is 2.31. The second-order valence-corrected chi connectivity index (χ2v) is 6.53. The summed E-state index contributed by atoms with van der Waals surface area (Å²) in [7, 11) is 0. The first kappa shape index (κ1) is 15.6. The van der Waals surface area contributed by atoms with Gasteiger partial charge in [0.2, 0.25) is 0 Å². The summed E-state index contributed by atoms with van der Waals surface area (Å²) in [6.07, 6.45) is 1.79. The number of nitrogens with two attached hydrogens (primary N) is 1. The molecule has 0 aliphatic carbocycles. The fourth-order valence-electron chi connectivity index (χ4n) is 2.14. The van der Waals surface area contributed by atoms with Crippen LogP contribution in [0.25, 0.3) is 11.3 Å². The first-order valence-electron chi connectivity index (χ1n) is 6.40. The number of aromatic nitrogens is 1. The minimum absolute atomic E-state index is 0.0561. The van der Waals surface area contributed by atoms with E-state index in [0.29, 0.717) is 23.1 Å². The molecule has 1 aromatic heterocycles. The molecule has 0 aliphatic heterocycles. The van der Waals surface area contributed by atoms with E-state index in [1.165, 1.54) is 11.3 Å². The first-order valence-corrected chi connectivity index (χ1v) is 7.97. The zero-order chi connectivity index (χ0) is 14.7. The molecule has 20 heavy (non-hydrogen) atoms. The van der Waals surface area contributed by atoms with Crippen molar-refractivity contribution in [3.05, 3.63) is 42.8 Å². The lowest BCUT2D eigenvalue weighted by Crippen LogP contribution is -2.15. The summed E-state index contributed by atoms with van der Waals surface area (Å²) < 4.78 is 1.80. The van der Waals surface area contributed by atoms with Gasteiger partial charge in [-0.15, -0.1) is 0 Å². The molecule has 0 bridgehead atoms. The predicted octanol–water partition coefficient (Wildman–Crippen LogP) is 3.93. The molecule has 0 saturated carbocycles. The van der Waals surface area contributed by atoms with Crippen LogP contribution in [0.3, 0.4) is 0 Å². The lowest BCUT2D eigenvalue weighted by atomic mass is 10.1. The van der Waals surface area contributed by atoms with Crippen molar-refractivity contribution in [2.45, 2.75) is 26.3 Å². The second-order valence-electron chi connectivity index (χ2n) is 4.55. The van der Waals surface area contributed by atoms with Gasteiger partial charge in [-0.3, -0.25) is 9.36 Å². The van der Waals surface area contributed by atoms with E-state index < -0.39 is 0 Å². The van der Waals surface area contributed by atoms with Crippen molar-refractivity contribution in [3.63, 3.8) is 0 Å². The molecule has 0 unspecified atom stereocenters. The number of hydrogen-bond donors (Lipinski definition) is 1. The van der Waals surface area contributed by atoms with Crippen molar-refractivity contribution >= 4 is 34.5 Å². The Bertz CT molecular complexity index is 664. The molecule has 0 amide bonds. The molecule has 0 fully saturated rings. The Labute approximate surface area is 131 Å². The Hall–Kier alpha value is -0.810. The fourth-order valence-corrected chi connectivity index (χ4v) is 3.31. The molecule has 0 atom stereocenters. The topological polar surface area (TPSA) is 48.0 Å². The minimum atomic E-state index is 0.0561. The predicted molar refractivity (Wildman–Crippen MR) is 87.1 cm³/mol. The number of thiazole rings is 1. The highest BCUT2D eigenvalue weighted by atomic mass is 35.5. The molecule has 6 heteroatoms. The largest absolute Gasteiger partial charge is 0.330 e. The van der Waals surface area contributed by atoms with Gasteiger partial charge in [0.05, 0.1) is 15.7 Å². The normalized spacial score (nSPS) is 11.0. The van der Waals surface area contributed by atoms with Crippen LogP contribution in [0.1, 0.15) is 17.7 Å². The molecule has 2 rings (SSSR count). The van der Waals surface area contributed by atoms with E-state index in [1.807, 2.05) is 13.0 Å². The smallest absolute Gasteiger partial charge is 0.307 e. The Morgan fingerprint density at radius 1 is 1.25 bits per heavy atom. The zero-order valence-electron chi connectivity index (χ0n) is 11.2. The van der Waals surface area contributed by atoms with Gasteiger partial charge in [0.1, 0.15) is 0 Å². The van der Waals surface area contributed by atoms with Gasteiger partial charge in [0, 0.05) is 17.0 Å². The van der Waals surface area contributed by atoms with Crippen molar-refractivity contribution < 1.29 is 0 Å². The quantitative estimate of drug-likeness (QED) is 0.844. The van der Waals surface area contributed by atoms with E-state index in [9.17, 15) is 4.79 Å². The Kier molecular flexibility index (Phi) is 5.27. The third kappa shape index (κ3) is 3.26. The molecule has 1 aromatic carbocycles. The van der Waals surface area contributed by atoms with Gasteiger partial charge < -0.3 is 5.73 Å². The lowest BCUT2D eigenvalue weighted by molar-refractivity contribution is 0.612. The molecule has 1 heterocycles. The Balaban J connectivity index is 2.44. The van der Waals surface area contributed by atoms with Gasteiger partial charge in [-0.2, -0.15) is 0 Å². The zero-order valence-corrected chi connectivity index (χ0v) is 13.5. The van der Waals surface area contributed by atoms with Crippen LogP contribution in [0, 0.1) is 6.92 Å². The maximum absolute atomic E-state index is 12.1. The van der Waals surface area contributed by atoms with E-state index >= 15 is 0 Å². The van der Waals surface area contributed by atoms with E-state index in [2.05, 4.69) is 0 Å². The number of aryl methyl sites for hydroxylation is 1. The van der Waals surface area contributed by atoms with Crippen molar-refractivity contribution in [1.82, 2.24) is 4.57 Å². The summed E-state index contributed by atoms with van der Waals surface area (Å²) in [6.45, 7) is 3.26. The molecule has 0 radical (unpaired) electrons. The van der Waals surface area contributed by atoms with Crippen LogP contribution in [-0.2, 0) is 6.54 Å². The van der Waals surface area contributed by atoms with Crippen molar-refractivity contribution in [2.24, 2.45) is 5.73 Å². The number of halogens is 2. The number of nitrogens with zero attached hydrogens (tertiary/aromatic N) is 1. The highest BCUT2D eigenvalue weighted by molar-refractivity contribution is 7.09. The third-order valence-electron chi connectivity index (χ3n) is 3.09. The summed E-state index contributed by atoms with van der Waals surface area (Å²) >= 11 is 13.3. The number of rotatable bonds is 5. The summed E-state index contributed by atoms with van der Waals surface area (Å²) in [5.41, 5.74) is 7.35. The van der Waals surface area contributed by atoms with Gasteiger partial charge in [0.15, 0.2) is 0 Å². The number of hydrogen-bond acceptors (Lipinski definition) is 3. The van der Waals surface area contributed by atoms with Crippen LogP contribution < -0.4 is 10.6 Å². The van der Waals surface area contributed by atoms with Gasteiger partial charge in [0.25, 0.3) is 0 Å². The van der Waals surface area contributed by atoms with Crippen LogP contribution in [-0.4, -0.2) is 11.1 Å². The van der Waals surface area contributed by atoms with Gasteiger partial charge in [-0.1, -0.05) is 40.6 Å². The van der Waals surface area contributed by atoms with E-state index in [1.54, 1.807) is 16.7 Å². The summed E-state index contributed by atoms with van der Waals surface area (Å²) in [6, 6.07) is 5.45. The summed E-state index contributed by atoms with van der Waals surface area (Å²) in [5, 5.41) is 1.01. The van der Waals surface area contributed by atoms with E-state index in [0.717, 1.165) is 29.0 Å². The molecule has 2 N–H and O–H groups in total. The van der Waals surface area contributed by atoms with Crippen LogP contribution in [0.5, 0.6) is 0 Å². The average Bonchev–Trinajstić information content (AvgIpc) is 2.68. The molecule has 2 aromatic rings. The molecule has 108 valence electrons. The summed E-state index contributed by atoms with van der Waals surface area (Å²) in [4.78, 5) is 13.1. The van der Waals surface area contributed by atoms with Crippen LogP contribution in [0.15, 0.2) is 23.0 Å². The van der Waals surface area contributed by atoms with E-state index in [4.69, 9.17) is 28.9 Å². The second kappa shape index (κ2) is 6.76. The van der Waals surface area contributed by atoms with Gasteiger partial charge in [-0.25, -0.2) is 0 Å². The van der Waals surface area contributed by atoms with Crippen LogP contribution >= 0.6 is 34.5 Å². The standard InChI is InChI=1S/C14H16Cl2N2OS/c1-9-13(10-4-5-11(15)12(16)8-10)18(14(19)20-9)7-3-2-6-17/h4-5,8H,2-3,6-7,17H2,1H3. The Morgan fingerprint density at radius 2 is 2.00 bits per heavy atom. The van der Waals surface area contributed by atoms with Crippen molar-refractivity contribution in [3.8, 4) is 11.3 Å². The maximum Gasteiger partial charge on any atom is 0.307 e. The van der Waals surface area contributed by atoms with Crippen LogP contribution in [0.4, 0.5) is 0 Å². The minimum Gasteiger partial charge on any atom is -0.330 e. The molecular formula is C14H16Cl2N2OS. The molecule has 0 saturated heterocycles. The lowest BCUT2D eigenvalue weighted by Gasteiger charge is -2.09. The monoisotopic (exact) mass is 330 g/mol. The molecule has 3 nitrogen and oxygen atoms in total. The molecule has 0 aliphatic rings. The maximum atomic E-state index is 12.1. The van der Waals surface area contributed by atoms with Gasteiger partial charge >= 0.3 is 4.87 Å². The molecule has 0 spiro atoms. The number of unbranched alkanes of at least 4 members (excludes halogenated alkanes) is 1. The molecular weight excluding hydrogens is 315 g/mol. The van der Waals surface area contributed by atoms with E-state index in [-0.39, 0.29) is 4.87 Å². The third-order valence-corrected chi connectivity index (χ3v) is 4.73. The highest BCUT2D eigenvalue weighted by Gasteiger charge is 2.14. The Morgan fingerprint density at radius 3 is 2.65 bits per heavy atom. The number of benzene rings is 1. The first-order chi connectivity index (χ1) is 9.54.